The van der Waals surface area contributed by atoms with Crippen LogP contribution in [0.25, 0.3) is 0 Å². The number of nitrogens with zero attached hydrogens (tertiary/aromatic N) is 2. The molecule has 1 aromatic rings. The van der Waals surface area contributed by atoms with Crippen molar-refractivity contribution in [2.45, 2.75) is 19.2 Å². The SMILES string of the molecule is CCN(CC)c1ccc(C2SCC(=O)N2CCO)cc1. The first-order valence-electron chi connectivity index (χ1n) is 7.08. The van der Waals surface area contributed by atoms with E-state index in [2.05, 4.69) is 43.0 Å². The summed E-state index contributed by atoms with van der Waals surface area (Å²) in [7, 11) is 0. The van der Waals surface area contributed by atoms with Gasteiger partial charge in [-0.3, -0.25) is 4.79 Å². The molecule has 1 unspecified atom stereocenters. The number of hydrogen-bond acceptors (Lipinski definition) is 4. The Kier molecular flexibility index (Phi) is 5.31. The third-order valence-corrected chi connectivity index (χ3v) is 4.87. The highest BCUT2D eigenvalue weighted by Gasteiger charge is 2.32. The van der Waals surface area contributed by atoms with Gasteiger partial charge in [0, 0.05) is 25.3 Å². The molecular formula is C15H22N2O2S. The zero-order valence-corrected chi connectivity index (χ0v) is 12.9. The lowest BCUT2D eigenvalue weighted by molar-refractivity contribution is -0.128. The molecule has 5 heteroatoms. The number of β-amino-alcohol motifs (C(OH)–C–C–N with tert-alkyl or cyclic N) is 1. The Balaban J connectivity index is 2.15. The summed E-state index contributed by atoms with van der Waals surface area (Å²) in [5.41, 5.74) is 2.34. The molecular weight excluding hydrogens is 272 g/mol. The fraction of sp³-hybridized carbons (Fsp3) is 0.533. The highest BCUT2D eigenvalue weighted by atomic mass is 32.2. The second-order valence-electron chi connectivity index (χ2n) is 4.74. The van der Waals surface area contributed by atoms with E-state index in [1.807, 2.05) is 0 Å². The molecule has 1 aliphatic heterocycles. The molecule has 1 N–H and O–H groups in total. The van der Waals surface area contributed by atoms with Crippen LogP contribution in [0.5, 0.6) is 0 Å². The number of hydrogen-bond donors (Lipinski definition) is 1. The molecule has 2 rings (SSSR count). The number of carbonyl (C=O) groups is 1. The second-order valence-corrected chi connectivity index (χ2v) is 5.81. The van der Waals surface area contributed by atoms with Gasteiger partial charge in [0.05, 0.1) is 12.4 Å². The van der Waals surface area contributed by atoms with Gasteiger partial charge in [-0.15, -0.1) is 11.8 Å². The molecule has 1 aliphatic rings. The molecule has 0 radical (unpaired) electrons. The van der Waals surface area contributed by atoms with Crippen LogP contribution in [0.3, 0.4) is 0 Å². The fourth-order valence-corrected chi connectivity index (χ4v) is 3.74. The van der Waals surface area contributed by atoms with Crippen LogP contribution < -0.4 is 4.90 Å². The van der Waals surface area contributed by atoms with E-state index < -0.39 is 0 Å². The normalized spacial score (nSPS) is 18.6. The van der Waals surface area contributed by atoms with Crippen molar-refractivity contribution < 1.29 is 9.90 Å². The first kappa shape index (κ1) is 15.2. The Bertz CT molecular complexity index is 446. The van der Waals surface area contributed by atoms with Crippen LogP contribution >= 0.6 is 11.8 Å². The average Bonchev–Trinajstić information content (AvgIpc) is 2.83. The molecule has 0 bridgehead atoms. The summed E-state index contributed by atoms with van der Waals surface area (Å²) in [4.78, 5) is 15.9. The predicted molar refractivity (Wildman–Crippen MR) is 84.0 cm³/mol. The van der Waals surface area contributed by atoms with Crippen molar-refractivity contribution in [1.82, 2.24) is 4.90 Å². The van der Waals surface area contributed by atoms with E-state index in [0.717, 1.165) is 18.7 Å². The maximum absolute atomic E-state index is 11.8. The Morgan fingerprint density at radius 3 is 2.50 bits per heavy atom. The van der Waals surface area contributed by atoms with E-state index in [1.165, 1.54) is 5.69 Å². The van der Waals surface area contributed by atoms with Gasteiger partial charge in [0.2, 0.25) is 5.91 Å². The molecule has 1 aromatic carbocycles. The smallest absolute Gasteiger partial charge is 0.233 e. The van der Waals surface area contributed by atoms with Crippen molar-refractivity contribution in [2.75, 3.05) is 36.9 Å². The van der Waals surface area contributed by atoms with Crippen LogP contribution in [0, 0.1) is 0 Å². The van der Waals surface area contributed by atoms with Gasteiger partial charge < -0.3 is 14.9 Å². The van der Waals surface area contributed by atoms with Gasteiger partial charge in [-0.25, -0.2) is 0 Å². The molecule has 1 atom stereocenters. The number of thioether (sulfide) groups is 1. The fourth-order valence-electron chi connectivity index (χ4n) is 2.52. The summed E-state index contributed by atoms with van der Waals surface area (Å²) in [6.45, 7) is 6.69. The summed E-state index contributed by atoms with van der Waals surface area (Å²) in [6, 6.07) is 8.41. The number of aliphatic hydroxyl groups is 1. The third-order valence-electron chi connectivity index (χ3n) is 3.62. The van der Waals surface area contributed by atoms with Gasteiger partial charge in [0.15, 0.2) is 0 Å². The highest BCUT2D eigenvalue weighted by Crippen LogP contribution is 2.38. The number of amides is 1. The minimum atomic E-state index is 0.0142. The average molecular weight is 294 g/mol. The molecule has 1 heterocycles. The third kappa shape index (κ3) is 3.10. The molecule has 1 saturated heterocycles. The zero-order valence-electron chi connectivity index (χ0n) is 12.1. The molecule has 0 spiro atoms. The molecule has 1 fully saturated rings. The predicted octanol–water partition coefficient (Wildman–Crippen LogP) is 2.10. The van der Waals surface area contributed by atoms with Crippen LogP contribution in [0.1, 0.15) is 24.8 Å². The standard InChI is InChI=1S/C15H22N2O2S/c1-3-16(4-2)13-7-5-12(6-8-13)15-17(9-10-18)14(19)11-20-15/h5-8,15,18H,3-4,9-11H2,1-2H3. The topological polar surface area (TPSA) is 43.8 Å². The van der Waals surface area contributed by atoms with Gasteiger partial charge in [0.1, 0.15) is 5.37 Å². The van der Waals surface area contributed by atoms with E-state index in [9.17, 15) is 4.79 Å². The van der Waals surface area contributed by atoms with Crippen LogP contribution in [0.2, 0.25) is 0 Å². The van der Waals surface area contributed by atoms with Crippen molar-refractivity contribution in [3.63, 3.8) is 0 Å². The highest BCUT2D eigenvalue weighted by molar-refractivity contribution is 8.00. The van der Waals surface area contributed by atoms with Gasteiger partial charge in [-0.1, -0.05) is 12.1 Å². The Labute approximate surface area is 124 Å². The van der Waals surface area contributed by atoms with Crippen LogP contribution in [-0.2, 0) is 4.79 Å². The molecule has 4 nitrogen and oxygen atoms in total. The number of anilines is 1. The lowest BCUT2D eigenvalue weighted by Crippen LogP contribution is -2.31. The minimum Gasteiger partial charge on any atom is -0.395 e. The number of carbonyl (C=O) groups excluding carboxylic acids is 1. The van der Waals surface area contributed by atoms with Crippen LogP contribution in [0.15, 0.2) is 24.3 Å². The summed E-state index contributed by atoms with van der Waals surface area (Å²) in [5, 5.41) is 9.12. The van der Waals surface area contributed by atoms with Gasteiger partial charge in [0.25, 0.3) is 0 Å². The molecule has 0 aliphatic carbocycles. The van der Waals surface area contributed by atoms with Gasteiger partial charge in [-0.05, 0) is 31.5 Å². The van der Waals surface area contributed by atoms with E-state index in [0.29, 0.717) is 12.3 Å². The molecule has 20 heavy (non-hydrogen) atoms. The van der Waals surface area contributed by atoms with Crippen molar-refractivity contribution in [1.29, 1.82) is 0 Å². The van der Waals surface area contributed by atoms with Gasteiger partial charge in [-0.2, -0.15) is 0 Å². The molecule has 110 valence electrons. The maximum Gasteiger partial charge on any atom is 0.233 e. The van der Waals surface area contributed by atoms with Crippen molar-refractivity contribution in [3.05, 3.63) is 29.8 Å². The summed E-state index contributed by atoms with van der Waals surface area (Å²) < 4.78 is 0. The van der Waals surface area contributed by atoms with E-state index in [1.54, 1.807) is 16.7 Å². The first-order chi connectivity index (χ1) is 9.71. The lowest BCUT2D eigenvalue weighted by Gasteiger charge is -2.25. The van der Waals surface area contributed by atoms with Crippen LogP contribution in [0.4, 0.5) is 5.69 Å². The molecule has 1 amide bonds. The lowest BCUT2D eigenvalue weighted by atomic mass is 10.1. The Morgan fingerprint density at radius 1 is 1.30 bits per heavy atom. The summed E-state index contributed by atoms with van der Waals surface area (Å²) in [5.74, 6) is 0.615. The number of benzene rings is 1. The van der Waals surface area contributed by atoms with Crippen molar-refractivity contribution >= 4 is 23.4 Å². The number of rotatable bonds is 6. The minimum absolute atomic E-state index is 0.0142. The van der Waals surface area contributed by atoms with E-state index >= 15 is 0 Å². The van der Waals surface area contributed by atoms with Crippen LogP contribution in [-0.4, -0.2) is 47.9 Å². The van der Waals surface area contributed by atoms with E-state index in [4.69, 9.17) is 5.11 Å². The zero-order chi connectivity index (χ0) is 14.5. The second kappa shape index (κ2) is 6.99. The number of aliphatic hydroxyl groups excluding tert-OH is 1. The maximum atomic E-state index is 11.8. The summed E-state index contributed by atoms with van der Waals surface area (Å²) in [6.07, 6.45) is 0. The quantitative estimate of drug-likeness (QED) is 0.872. The molecule has 0 saturated carbocycles. The van der Waals surface area contributed by atoms with E-state index in [-0.39, 0.29) is 17.9 Å². The largest absolute Gasteiger partial charge is 0.395 e. The van der Waals surface area contributed by atoms with Crippen molar-refractivity contribution in [2.24, 2.45) is 0 Å². The molecule has 0 aromatic heterocycles. The van der Waals surface area contributed by atoms with Crippen molar-refractivity contribution in [3.8, 4) is 0 Å². The summed E-state index contributed by atoms with van der Waals surface area (Å²) >= 11 is 1.63. The van der Waals surface area contributed by atoms with Gasteiger partial charge >= 0.3 is 0 Å². The first-order valence-corrected chi connectivity index (χ1v) is 8.13. The Hall–Kier alpha value is -1.20. The Morgan fingerprint density at radius 2 is 1.95 bits per heavy atom. The monoisotopic (exact) mass is 294 g/mol.